The van der Waals surface area contributed by atoms with Gasteiger partial charge in [0.1, 0.15) is 0 Å². The Kier molecular flexibility index (Phi) is 3.25. The highest BCUT2D eigenvalue weighted by Crippen LogP contribution is 2.22. The van der Waals surface area contributed by atoms with Gasteiger partial charge in [-0.1, -0.05) is 18.2 Å². The molecule has 0 aliphatic carbocycles. The summed E-state index contributed by atoms with van der Waals surface area (Å²) in [6.45, 7) is 2.70. The molecule has 2 aromatic rings. The number of H-pyrrole nitrogens is 1. The van der Waals surface area contributed by atoms with Crippen LogP contribution in [0.3, 0.4) is 0 Å². The van der Waals surface area contributed by atoms with Gasteiger partial charge in [0.2, 0.25) is 5.91 Å². The number of benzene rings is 1. The van der Waals surface area contributed by atoms with Crippen molar-refractivity contribution in [3.63, 3.8) is 0 Å². The fourth-order valence-electron chi connectivity index (χ4n) is 2.95. The van der Waals surface area contributed by atoms with Crippen molar-refractivity contribution >= 4 is 16.8 Å². The molecule has 1 saturated heterocycles. The van der Waals surface area contributed by atoms with Crippen LogP contribution in [0.2, 0.25) is 0 Å². The van der Waals surface area contributed by atoms with E-state index in [-0.39, 0.29) is 11.8 Å². The molecule has 1 unspecified atom stereocenters. The van der Waals surface area contributed by atoms with E-state index in [1.165, 1.54) is 16.5 Å². The van der Waals surface area contributed by atoms with E-state index in [4.69, 9.17) is 5.73 Å². The summed E-state index contributed by atoms with van der Waals surface area (Å²) in [5.74, 6) is -0.153. The van der Waals surface area contributed by atoms with Crippen molar-refractivity contribution in [1.29, 1.82) is 0 Å². The lowest BCUT2D eigenvalue weighted by Crippen LogP contribution is -2.40. The van der Waals surface area contributed by atoms with Gasteiger partial charge in [0.15, 0.2) is 0 Å². The zero-order chi connectivity index (χ0) is 13.2. The summed E-state index contributed by atoms with van der Waals surface area (Å²) in [5, 5.41) is 1.24. The number of rotatable bonds is 3. The molecule has 1 atom stereocenters. The molecule has 3 rings (SSSR count). The van der Waals surface area contributed by atoms with Gasteiger partial charge in [-0.25, -0.2) is 0 Å². The molecule has 1 aromatic heterocycles. The summed E-state index contributed by atoms with van der Waals surface area (Å²) < 4.78 is 0. The number of nitrogens with two attached hydrogens (primary N) is 1. The Balaban J connectivity index is 1.77. The third kappa shape index (κ3) is 2.49. The van der Waals surface area contributed by atoms with Gasteiger partial charge in [-0.2, -0.15) is 0 Å². The number of aromatic amines is 1. The smallest absolute Gasteiger partial charge is 0.221 e. The second kappa shape index (κ2) is 5.05. The molecule has 0 spiro atoms. The number of primary amides is 1. The van der Waals surface area contributed by atoms with Crippen LogP contribution >= 0.6 is 0 Å². The lowest BCUT2D eigenvalue weighted by molar-refractivity contribution is -0.123. The van der Waals surface area contributed by atoms with E-state index >= 15 is 0 Å². The van der Waals surface area contributed by atoms with Crippen molar-refractivity contribution < 1.29 is 4.79 Å². The maximum atomic E-state index is 11.3. The molecule has 2 heterocycles. The summed E-state index contributed by atoms with van der Waals surface area (Å²) in [7, 11) is 0. The number of carbonyl (C=O) groups excluding carboxylic acids is 1. The molecule has 4 heteroatoms. The highest BCUT2D eigenvalue weighted by molar-refractivity contribution is 5.82. The maximum Gasteiger partial charge on any atom is 0.221 e. The quantitative estimate of drug-likeness (QED) is 0.881. The third-order valence-corrected chi connectivity index (χ3v) is 3.98. The molecular formula is C15H19N3O. The molecule has 1 aliphatic heterocycles. The topological polar surface area (TPSA) is 62.1 Å². The molecule has 3 N–H and O–H groups in total. The van der Waals surface area contributed by atoms with Crippen molar-refractivity contribution in [1.82, 2.24) is 9.88 Å². The van der Waals surface area contributed by atoms with Gasteiger partial charge < -0.3 is 10.7 Å². The zero-order valence-corrected chi connectivity index (χ0v) is 10.9. The lowest BCUT2D eigenvalue weighted by atomic mass is 9.97. The van der Waals surface area contributed by atoms with Crippen LogP contribution in [-0.2, 0) is 11.3 Å². The average Bonchev–Trinajstić information content (AvgIpc) is 2.88. The van der Waals surface area contributed by atoms with Gasteiger partial charge in [-0.05, 0) is 36.4 Å². The SMILES string of the molecule is NC(=O)C1CCCN(Cc2cccc3cc[nH]c23)C1. The monoisotopic (exact) mass is 257 g/mol. The van der Waals surface area contributed by atoms with Gasteiger partial charge in [-0.15, -0.1) is 0 Å². The van der Waals surface area contributed by atoms with Crippen LogP contribution in [0.4, 0.5) is 0 Å². The van der Waals surface area contributed by atoms with Gasteiger partial charge in [-0.3, -0.25) is 9.69 Å². The number of amides is 1. The van der Waals surface area contributed by atoms with Crippen molar-refractivity contribution in [2.75, 3.05) is 13.1 Å². The minimum absolute atomic E-state index is 0.0107. The molecule has 1 aliphatic rings. The highest BCUT2D eigenvalue weighted by Gasteiger charge is 2.24. The molecule has 4 nitrogen and oxygen atoms in total. The number of likely N-dealkylation sites (tertiary alicyclic amines) is 1. The third-order valence-electron chi connectivity index (χ3n) is 3.98. The minimum atomic E-state index is -0.164. The summed E-state index contributed by atoms with van der Waals surface area (Å²) >= 11 is 0. The first-order valence-corrected chi connectivity index (χ1v) is 6.80. The standard InChI is InChI=1S/C15H19N3O/c16-15(19)13-5-2-8-18(10-13)9-12-4-1-3-11-6-7-17-14(11)12/h1,3-4,6-7,13,17H,2,5,8-10H2,(H2,16,19). The Labute approximate surface area is 112 Å². The van der Waals surface area contributed by atoms with Crippen molar-refractivity contribution in [2.45, 2.75) is 19.4 Å². The minimum Gasteiger partial charge on any atom is -0.369 e. The van der Waals surface area contributed by atoms with Crippen LogP contribution in [0, 0.1) is 5.92 Å². The Morgan fingerprint density at radius 2 is 2.32 bits per heavy atom. The number of hydrogen-bond acceptors (Lipinski definition) is 2. The molecule has 1 fully saturated rings. The van der Waals surface area contributed by atoms with E-state index in [1.54, 1.807) is 0 Å². The summed E-state index contributed by atoms with van der Waals surface area (Å²) in [4.78, 5) is 16.9. The lowest BCUT2D eigenvalue weighted by Gasteiger charge is -2.31. The Morgan fingerprint density at radius 3 is 3.16 bits per heavy atom. The molecule has 0 bridgehead atoms. The molecule has 0 radical (unpaired) electrons. The summed E-state index contributed by atoms with van der Waals surface area (Å²) in [5.41, 5.74) is 7.91. The van der Waals surface area contributed by atoms with Crippen LogP contribution in [-0.4, -0.2) is 28.9 Å². The molecule has 1 amide bonds. The fraction of sp³-hybridized carbons (Fsp3) is 0.400. The molecular weight excluding hydrogens is 238 g/mol. The Bertz CT molecular complexity index is 590. The van der Waals surface area contributed by atoms with Crippen LogP contribution in [0.15, 0.2) is 30.5 Å². The number of carbonyl (C=O) groups is 1. The normalized spacial score (nSPS) is 20.7. The van der Waals surface area contributed by atoms with Gasteiger partial charge in [0.05, 0.1) is 5.92 Å². The predicted molar refractivity (Wildman–Crippen MR) is 75.5 cm³/mol. The van der Waals surface area contributed by atoms with E-state index in [9.17, 15) is 4.79 Å². The largest absolute Gasteiger partial charge is 0.369 e. The van der Waals surface area contributed by atoms with Gasteiger partial charge in [0.25, 0.3) is 0 Å². The zero-order valence-electron chi connectivity index (χ0n) is 10.9. The second-order valence-corrected chi connectivity index (χ2v) is 5.34. The number of piperidine rings is 1. The van der Waals surface area contributed by atoms with Crippen molar-refractivity contribution in [3.8, 4) is 0 Å². The average molecular weight is 257 g/mol. The number of hydrogen-bond donors (Lipinski definition) is 2. The van der Waals surface area contributed by atoms with Crippen LogP contribution in [0.1, 0.15) is 18.4 Å². The maximum absolute atomic E-state index is 11.3. The fourth-order valence-corrected chi connectivity index (χ4v) is 2.95. The van der Waals surface area contributed by atoms with Gasteiger partial charge >= 0.3 is 0 Å². The van der Waals surface area contributed by atoms with E-state index < -0.39 is 0 Å². The van der Waals surface area contributed by atoms with E-state index in [0.717, 1.165) is 32.5 Å². The van der Waals surface area contributed by atoms with E-state index in [1.807, 2.05) is 6.20 Å². The predicted octanol–water partition coefficient (Wildman–Crippen LogP) is 1.87. The molecule has 0 saturated carbocycles. The summed E-state index contributed by atoms with van der Waals surface area (Å²) in [6.07, 6.45) is 3.95. The van der Waals surface area contributed by atoms with Crippen molar-refractivity contribution in [3.05, 3.63) is 36.0 Å². The molecule has 100 valence electrons. The van der Waals surface area contributed by atoms with Gasteiger partial charge in [0, 0.05) is 24.8 Å². The second-order valence-electron chi connectivity index (χ2n) is 5.34. The first-order chi connectivity index (χ1) is 9.24. The van der Waals surface area contributed by atoms with E-state index in [2.05, 4.69) is 34.1 Å². The number of para-hydroxylation sites is 1. The van der Waals surface area contributed by atoms with Crippen molar-refractivity contribution in [2.24, 2.45) is 11.7 Å². The first kappa shape index (κ1) is 12.2. The Morgan fingerprint density at radius 1 is 1.42 bits per heavy atom. The van der Waals surface area contributed by atoms with Crippen LogP contribution in [0.25, 0.3) is 10.9 Å². The molecule has 19 heavy (non-hydrogen) atoms. The van der Waals surface area contributed by atoms with E-state index in [0.29, 0.717) is 0 Å². The van der Waals surface area contributed by atoms with Crippen LogP contribution < -0.4 is 5.73 Å². The first-order valence-electron chi connectivity index (χ1n) is 6.80. The summed E-state index contributed by atoms with van der Waals surface area (Å²) in [6, 6.07) is 8.42. The number of fused-ring (bicyclic) bond motifs is 1. The number of aromatic nitrogens is 1. The number of nitrogens with one attached hydrogen (secondary N) is 1. The van der Waals surface area contributed by atoms with Crippen LogP contribution in [0.5, 0.6) is 0 Å². The highest BCUT2D eigenvalue weighted by atomic mass is 16.1. The number of nitrogens with zero attached hydrogens (tertiary/aromatic N) is 1. The molecule has 1 aromatic carbocycles. The Hall–Kier alpha value is -1.81.